The normalized spacial score (nSPS) is 16.2. The molecule has 1 aromatic heterocycles. The Balaban J connectivity index is 1.28. The van der Waals surface area contributed by atoms with Gasteiger partial charge in [-0.15, -0.1) is 5.53 Å². The first-order valence-corrected chi connectivity index (χ1v) is 11.3. The van der Waals surface area contributed by atoms with E-state index in [4.69, 9.17) is 0 Å². The van der Waals surface area contributed by atoms with Gasteiger partial charge in [0.05, 0.1) is 29.5 Å². The molecule has 3 aromatic rings. The highest BCUT2D eigenvalue weighted by Gasteiger charge is 2.28. The Bertz CT molecular complexity index is 1400. The number of rotatable bonds is 6. The van der Waals surface area contributed by atoms with Gasteiger partial charge in [-0.3, -0.25) is 19.8 Å². The zero-order valence-corrected chi connectivity index (χ0v) is 19.6. The number of amides is 2. The standard InChI is InChI=1S/C25H25FN6O4/c1-13-20(10-18-17-9-15(26)7-8-19(17)29-24(18)34)28-14(2)23(13)25(35)27-11-16(33)12-31-21-5-3-4-6-22(21)32(36)30-31/h3-10,16,28,30,33,36H,11-12H2,1-2H3,(H,27,35)(H,29,34). The van der Waals surface area contributed by atoms with Gasteiger partial charge in [-0.25, -0.2) is 4.39 Å². The van der Waals surface area contributed by atoms with Crippen LogP contribution in [0.3, 0.4) is 0 Å². The summed E-state index contributed by atoms with van der Waals surface area (Å²) in [5.74, 6) is -1.19. The number of hydrogen-bond acceptors (Lipinski definition) is 7. The number of H-pyrrole nitrogens is 1. The molecule has 0 bridgehead atoms. The number of fused-ring (bicyclic) bond motifs is 2. The lowest BCUT2D eigenvalue weighted by molar-refractivity contribution is -0.110. The largest absolute Gasteiger partial charge is 0.389 e. The number of aliphatic hydroxyl groups excluding tert-OH is 1. The number of aromatic amines is 1. The second-order valence-electron chi connectivity index (χ2n) is 8.74. The van der Waals surface area contributed by atoms with Gasteiger partial charge in [0.1, 0.15) is 11.5 Å². The molecule has 3 heterocycles. The van der Waals surface area contributed by atoms with Crippen molar-refractivity contribution >= 4 is 40.5 Å². The number of carbonyl (C=O) groups excluding carboxylic acids is 2. The number of para-hydroxylation sites is 2. The number of hydrazine groups is 2. The predicted molar refractivity (Wildman–Crippen MR) is 133 cm³/mol. The second kappa shape index (κ2) is 9.11. The molecule has 6 N–H and O–H groups in total. The summed E-state index contributed by atoms with van der Waals surface area (Å²) >= 11 is 0. The lowest BCUT2D eigenvalue weighted by Crippen LogP contribution is -2.48. The van der Waals surface area contributed by atoms with Crippen LogP contribution in [0.15, 0.2) is 42.5 Å². The van der Waals surface area contributed by atoms with E-state index in [9.17, 15) is 24.3 Å². The number of aryl methyl sites for hydroxylation is 1. The lowest BCUT2D eigenvalue weighted by atomic mass is 10.0. The van der Waals surface area contributed by atoms with Crippen LogP contribution in [0, 0.1) is 19.7 Å². The van der Waals surface area contributed by atoms with Gasteiger partial charge in [0.15, 0.2) is 0 Å². The molecule has 1 atom stereocenters. The van der Waals surface area contributed by atoms with Gasteiger partial charge in [-0.1, -0.05) is 12.1 Å². The molecule has 0 saturated carbocycles. The number of anilines is 3. The van der Waals surface area contributed by atoms with Crippen molar-refractivity contribution in [3.8, 4) is 0 Å². The van der Waals surface area contributed by atoms with Gasteiger partial charge in [-0.2, -0.15) is 5.17 Å². The van der Waals surface area contributed by atoms with Crippen LogP contribution in [0.25, 0.3) is 11.6 Å². The molecule has 36 heavy (non-hydrogen) atoms. The highest BCUT2D eigenvalue weighted by Crippen LogP contribution is 2.34. The summed E-state index contributed by atoms with van der Waals surface area (Å²) in [5, 5.41) is 28.4. The average molecular weight is 493 g/mol. The predicted octanol–water partition coefficient (Wildman–Crippen LogP) is 2.49. The third kappa shape index (κ3) is 4.19. The van der Waals surface area contributed by atoms with Crippen LogP contribution in [0.1, 0.15) is 32.9 Å². The first-order chi connectivity index (χ1) is 17.2. The van der Waals surface area contributed by atoms with Gasteiger partial charge < -0.3 is 20.7 Å². The summed E-state index contributed by atoms with van der Waals surface area (Å²) in [4.78, 5) is 28.5. The molecule has 0 spiro atoms. The molecule has 0 aliphatic carbocycles. The number of halogens is 1. The van der Waals surface area contributed by atoms with E-state index in [-0.39, 0.29) is 24.9 Å². The summed E-state index contributed by atoms with van der Waals surface area (Å²) in [5.41, 5.74) is 7.42. The minimum Gasteiger partial charge on any atom is -0.389 e. The Morgan fingerprint density at radius 2 is 1.94 bits per heavy atom. The van der Waals surface area contributed by atoms with Crippen molar-refractivity contribution < 1.29 is 24.3 Å². The van der Waals surface area contributed by atoms with E-state index in [0.717, 1.165) is 5.17 Å². The quantitative estimate of drug-likeness (QED) is 0.291. The Morgan fingerprint density at radius 3 is 2.72 bits per heavy atom. The van der Waals surface area contributed by atoms with Crippen molar-refractivity contribution in [2.75, 3.05) is 28.6 Å². The van der Waals surface area contributed by atoms with E-state index in [1.807, 2.05) is 6.07 Å². The SMILES string of the molecule is Cc1[nH]c(C=C2C(=O)Nc3ccc(F)cc32)c(C)c1C(=O)NCC(O)CN1NN(O)c2ccccc21. The minimum atomic E-state index is -0.935. The van der Waals surface area contributed by atoms with Crippen molar-refractivity contribution in [3.63, 3.8) is 0 Å². The van der Waals surface area contributed by atoms with E-state index < -0.39 is 11.9 Å². The Hall–Kier alpha value is -4.19. The molecule has 2 amide bonds. The molecule has 0 radical (unpaired) electrons. The van der Waals surface area contributed by atoms with Gasteiger partial charge in [0.2, 0.25) is 0 Å². The topological polar surface area (TPSA) is 133 Å². The molecule has 1 unspecified atom stereocenters. The van der Waals surface area contributed by atoms with Crippen molar-refractivity contribution in [3.05, 3.63) is 76.4 Å². The minimum absolute atomic E-state index is 0.0276. The number of hydrogen-bond donors (Lipinski definition) is 6. The summed E-state index contributed by atoms with van der Waals surface area (Å²) in [7, 11) is 0. The fourth-order valence-electron chi connectivity index (χ4n) is 4.51. The second-order valence-corrected chi connectivity index (χ2v) is 8.74. The van der Waals surface area contributed by atoms with E-state index in [1.54, 1.807) is 43.1 Å². The molecule has 186 valence electrons. The summed E-state index contributed by atoms with van der Waals surface area (Å²) in [6, 6.07) is 11.2. The molecular weight excluding hydrogens is 467 g/mol. The van der Waals surface area contributed by atoms with Crippen molar-refractivity contribution in [2.45, 2.75) is 20.0 Å². The maximum absolute atomic E-state index is 13.8. The van der Waals surface area contributed by atoms with Gasteiger partial charge in [0.25, 0.3) is 11.8 Å². The fourth-order valence-corrected chi connectivity index (χ4v) is 4.51. The molecule has 2 aliphatic heterocycles. The molecule has 2 aromatic carbocycles. The first kappa shape index (κ1) is 23.5. The number of aromatic nitrogens is 1. The van der Waals surface area contributed by atoms with Gasteiger partial charge in [-0.05, 0) is 55.8 Å². The van der Waals surface area contributed by atoms with Gasteiger partial charge >= 0.3 is 0 Å². The van der Waals surface area contributed by atoms with Crippen molar-refractivity contribution in [1.82, 2.24) is 15.8 Å². The summed E-state index contributed by atoms with van der Waals surface area (Å²) in [6.07, 6.45) is 0.668. The summed E-state index contributed by atoms with van der Waals surface area (Å²) in [6.45, 7) is 3.58. The van der Waals surface area contributed by atoms with Crippen LogP contribution in [-0.2, 0) is 4.79 Å². The number of nitrogens with zero attached hydrogens (tertiary/aromatic N) is 2. The van der Waals surface area contributed by atoms with E-state index >= 15 is 0 Å². The molecule has 5 rings (SSSR count). The third-order valence-corrected chi connectivity index (χ3v) is 6.26. The average Bonchev–Trinajstić information content (AvgIpc) is 3.43. The van der Waals surface area contributed by atoms with Crippen LogP contribution < -0.4 is 26.3 Å². The fraction of sp³-hybridized carbons (Fsp3) is 0.200. The highest BCUT2D eigenvalue weighted by molar-refractivity contribution is 6.34. The summed E-state index contributed by atoms with van der Waals surface area (Å²) < 4.78 is 13.8. The molecule has 11 heteroatoms. The highest BCUT2D eigenvalue weighted by atomic mass is 19.1. The van der Waals surface area contributed by atoms with Crippen LogP contribution in [-0.4, -0.2) is 46.3 Å². The van der Waals surface area contributed by atoms with E-state index in [0.29, 0.717) is 50.7 Å². The van der Waals surface area contributed by atoms with E-state index in [1.165, 1.54) is 18.2 Å². The number of β-amino-alcohol motifs (C(OH)–C–C–N with tert-alkyl or cyclic N) is 1. The monoisotopic (exact) mass is 492 g/mol. The molecule has 10 nitrogen and oxygen atoms in total. The van der Waals surface area contributed by atoms with E-state index in [2.05, 4.69) is 21.2 Å². The molecular formula is C25H25FN6O4. The van der Waals surface area contributed by atoms with Gasteiger partial charge in [0, 0.05) is 29.2 Å². The van der Waals surface area contributed by atoms with Crippen LogP contribution in [0.5, 0.6) is 0 Å². The first-order valence-electron chi connectivity index (χ1n) is 11.3. The Morgan fingerprint density at radius 1 is 1.19 bits per heavy atom. The van der Waals surface area contributed by atoms with Crippen LogP contribution in [0.4, 0.5) is 21.5 Å². The zero-order chi connectivity index (χ0) is 25.6. The Kier molecular flexibility index (Phi) is 5.96. The van der Waals surface area contributed by atoms with Crippen molar-refractivity contribution in [1.29, 1.82) is 0 Å². The lowest BCUT2D eigenvalue weighted by Gasteiger charge is -2.22. The maximum Gasteiger partial charge on any atom is 0.256 e. The number of aliphatic hydroxyl groups is 1. The number of carbonyl (C=O) groups is 2. The van der Waals surface area contributed by atoms with Crippen LogP contribution in [0.2, 0.25) is 0 Å². The third-order valence-electron chi connectivity index (χ3n) is 6.26. The van der Waals surface area contributed by atoms with Crippen molar-refractivity contribution in [2.24, 2.45) is 0 Å². The molecule has 2 aliphatic rings. The zero-order valence-electron chi connectivity index (χ0n) is 19.6. The van der Waals surface area contributed by atoms with Crippen LogP contribution >= 0.6 is 0 Å². The number of nitrogens with one attached hydrogen (secondary N) is 4. The Labute approximate surface area is 205 Å². The molecule has 0 fully saturated rings. The maximum atomic E-state index is 13.8. The molecule has 0 saturated heterocycles. The smallest absolute Gasteiger partial charge is 0.256 e. The number of benzene rings is 2.